The van der Waals surface area contributed by atoms with Crippen LogP contribution < -0.4 is 0 Å². The average molecular weight is 350 g/mol. The number of β-amino-alcohol motifs (C(OH)–C–C–N with tert-alkyl or cyclic N) is 1. The van der Waals surface area contributed by atoms with Gasteiger partial charge in [-0.2, -0.15) is 5.10 Å². The van der Waals surface area contributed by atoms with Crippen LogP contribution >= 0.6 is 0 Å². The molecular weight excluding hydrogens is 326 g/mol. The Morgan fingerprint density at radius 3 is 2.44 bits per heavy atom. The van der Waals surface area contributed by atoms with Gasteiger partial charge in [0.1, 0.15) is 17.2 Å². The van der Waals surface area contributed by atoms with Gasteiger partial charge in [0.05, 0.1) is 6.54 Å². The van der Waals surface area contributed by atoms with E-state index in [0.29, 0.717) is 0 Å². The number of nitrogens with zero attached hydrogens (tertiary/aromatic N) is 4. The van der Waals surface area contributed by atoms with Crippen molar-refractivity contribution >= 4 is 0 Å². The number of aromatic nitrogens is 2. The van der Waals surface area contributed by atoms with Crippen molar-refractivity contribution in [2.75, 3.05) is 39.3 Å². The first-order valence-electron chi connectivity index (χ1n) is 8.60. The molecule has 2 aromatic rings. The fraction of sp³-hybridized carbons (Fsp3) is 0.500. The Bertz CT molecular complexity index is 686. The minimum absolute atomic E-state index is 0.0994. The quantitative estimate of drug-likeness (QED) is 0.861. The molecule has 3 rings (SSSR count). The molecule has 0 aliphatic carbocycles. The summed E-state index contributed by atoms with van der Waals surface area (Å²) in [4.78, 5) is 4.46. The van der Waals surface area contributed by atoms with E-state index in [1.54, 1.807) is 23.1 Å². The van der Waals surface area contributed by atoms with E-state index >= 15 is 0 Å². The molecule has 7 heteroatoms. The van der Waals surface area contributed by atoms with Gasteiger partial charge in [-0.25, -0.2) is 8.78 Å². The lowest BCUT2D eigenvalue weighted by atomic mass is 9.92. The van der Waals surface area contributed by atoms with Crippen LogP contribution in [0.1, 0.15) is 12.5 Å². The fourth-order valence-electron chi connectivity index (χ4n) is 3.38. The lowest BCUT2D eigenvalue weighted by molar-refractivity contribution is -0.0314. The number of benzene rings is 1. The number of halogens is 2. The van der Waals surface area contributed by atoms with Crippen LogP contribution in [0.4, 0.5) is 8.78 Å². The van der Waals surface area contributed by atoms with Crippen molar-refractivity contribution < 1.29 is 13.9 Å². The molecule has 1 aliphatic heterocycles. The van der Waals surface area contributed by atoms with Crippen LogP contribution in [-0.2, 0) is 12.1 Å². The van der Waals surface area contributed by atoms with Crippen molar-refractivity contribution in [2.24, 2.45) is 0 Å². The molecule has 136 valence electrons. The zero-order valence-corrected chi connectivity index (χ0v) is 14.4. The molecule has 1 aromatic carbocycles. The Morgan fingerprint density at radius 1 is 1.12 bits per heavy atom. The van der Waals surface area contributed by atoms with Crippen molar-refractivity contribution in [3.05, 3.63) is 53.9 Å². The van der Waals surface area contributed by atoms with Gasteiger partial charge in [0.15, 0.2) is 0 Å². The van der Waals surface area contributed by atoms with Gasteiger partial charge in [-0.3, -0.25) is 9.58 Å². The monoisotopic (exact) mass is 350 g/mol. The molecule has 1 aromatic heterocycles. The van der Waals surface area contributed by atoms with Crippen LogP contribution in [0, 0.1) is 11.6 Å². The van der Waals surface area contributed by atoms with Crippen LogP contribution in [0.3, 0.4) is 0 Å². The first-order valence-corrected chi connectivity index (χ1v) is 8.60. The van der Waals surface area contributed by atoms with Gasteiger partial charge >= 0.3 is 0 Å². The van der Waals surface area contributed by atoms with Gasteiger partial charge < -0.3 is 10.0 Å². The molecule has 1 fully saturated rings. The van der Waals surface area contributed by atoms with Crippen molar-refractivity contribution in [3.63, 3.8) is 0 Å². The minimum Gasteiger partial charge on any atom is -0.382 e. The van der Waals surface area contributed by atoms with Crippen LogP contribution in [0.2, 0.25) is 0 Å². The second-order valence-corrected chi connectivity index (χ2v) is 6.57. The van der Waals surface area contributed by atoms with E-state index in [2.05, 4.69) is 21.8 Å². The molecule has 1 N–H and O–H groups in total. The Hall–Kier alpha value is -1.83. The third-order valence-electron chi connectivity index (χ3n) is 4.81. The van der Waals surface area contributed by atoms with Crippen molar-refractivity contribution in [3.8, 4) is 0 Å². The third kappa shape index (κ3) is 4.23. The zero-order valence-electron chi connectivity index (χ0n) is 14.4. The minimum atomic E-state index is -1.49. The highest BCUT2D eigenvalue weighted by molar-refractivity contribution is 5.25. The Balaban J connectivity index is 1.84. The Kier molecular flexibility index (Phi) is 5.46. The van der Waals surface area contributed by atoms with E-state index in [1.165, 1.54) is 12.1 Å². The van der Waals surface area contributed by atoms with E-state index in [1.807, 2.05) is 0 Å². The predicted octanol–water partition coefficient (Wildman–Crippen LogP) is 1.69. The number of piperazine rings is 1. The van der Waals surface area contributed by atoms with E-state index in [4.69, 9.17) is 0 Å². The van der Waals surface area contributed by atoms with E-state index in [0.717, 1.165) is 38.8 Å². The second kappa shape index (κ2) is 7.59. The smallest absolute Gasteiger partial charge is 0.132 e. The normalized spacial score (nSPS) is 19.0. The molecule has 1 saturated heterocycles. The highest BCUT2D eigenvalue weighted by atomic mass is 19.1. The van der Waals surface area contributed by atoms with Gasteiger partial charge in [-0.15, -0.1) is 0 Å². The third-order valence-corrected chi connectivity index (χ3v) is 4.81. The average Bonchev–Trinajstić information content (AvgIpc) is 3.08. The summed E-state index contributed by atoms with van der Waals surface area (Å²) >= 11 is 0. The number of hydrogen-bond acceptors (Lipinski definition) is 4. The molecule has 2 heterocycles. The predicted molar refractivity (Wildman–Crippen MR) is 91.0 cm³/mol. The van der Waals surface area contributed by atoms with Crippen LogP contribution in [0.25, 0.3) is 0 Å². The molecule has 0 bridgehead atoms. The van der Waals surface area contributed by atoms with Crippen molar-refractivity contribution in [1.82, 2.24) is 19.6 Å². The first kappa shape index (κ1) is 18.0. The summed E-state index contributed by atoms with van der Waals surface area (Å²) in [6, 6.07) is 5.08. The molecule has 5 nitrogen and oxygen atoms in total. The summed E-state index contributed by atoms with van der Waals surface area (Å²) in [7, 11) is 0. The molecule has 0 radical (unpaired) electrons. The maximum absolute atomic E-state index is 14.4. The maximum atomic E-state index is 14.4. The van der Waals surface area contributed by atoms with Gasteiger partial charge in [-0.05, 0) is 18.7 Å². The molecule has 1 unspecified atom stereocenters. The van der Waals surface area contributed by atoms with Gasteiger partial charge in [-0.1, -0.05) is 13.0 Å². The first-order chi connectivity index (χ1) is 12.0. The highest BCUT2D eigenvalue weighted by Gasteiger charge is 2.36. The van der Waals surface area contributed by atoms with Crippen LogP contribution in [-0.4, -0.2) is 64.0 Å². The van der Waals surface area contributed by atoms with Gasteiger partial charge in [0.25, 0.3) is 0 Å². The van der Waals surface area contributed by atoms with Crippen LogP contribution in [0.15, 0.2) is 36.7 Å². The maximum Gasteiger partial charge on any atom is 0.132 e. The van der Waals surface area contributed by atoms with E-state index < -0.39 is 17.2 Å². The topological polar surface area (TPSA) is 44.5 Å². The summed E-state index contributed by atoms with van der Waals surface area (Å²) in [6.07, 6.45) is 3.34. The summed E-state index contributed by atoms with van der Waals surface area (Å²) in [5, 5.41) is 15.4. The second-order valence-electron chi connectivity index (χ2n) is 6.57. The van der Waals surface area contributed by atoms with Crippen molar-refractivity contribution in [2.45, 2.75) is 19.1 Å². The van der Waals surface area contributed by atoms with Crippen LogP contribution in [0.5, 0.6) is 0 Å². The number of hydrogen-bond donors (Lipinski definition) is 1. The highest BCUT2D eigenvalue weighted by Crippen LogP contribution is 2.28. The molecule has 0 spiro atoms. The zero-order chi connectivity index (χ0) is 17.9. The molecule has 25 heavy (non-hydrogen) atoms. The Labute approximate surface area is 146 Å². The summed E-state index contributed by atoms with van der Waals surface area (Å²) in [6.45, 7) is 6.94. The summed E-state index contributed by atoms with van der Waals surface area (Å²) in [5.74, 6) is -1.39. The summed E-state index contributed by atoms with van der Waals surface area (Å²) in [5.41, 5.74) is -1.39. The fourth-order valence-corrected chi connectivity index (χ4v) is 3.38. The molecule has 0 amide bonds. The summed E-state index contributed by atoms with van der Waals surface area (Å²) < 4.78 is 29.3. The standard InChI is InChI=1S/C18H24F2N4O/c1-2-22-8-10-23(11-9-22)13-18(25,14-24-7-3-6-21-24)16-5-4-15(19)12-17(16)20/h3-7,12,25H,2,8-11,13-14H2,1H3. The number of aliphatic hydroxyl groups is 1. The SMILES string of the molecule is CCN1CCN(CC(O)(Cn2cccn2)c2ccc(F)cc2F)CC1. The number of likely N-dealkylation sites (N-methyl/N-ethyl adjacent to an activating group) is 1. The largest absolute Gasteiger partial charge is 0.382 e. The molecule has 1 atom stereocenters. The van der Waals surface area contributed by atoms with Gasteiger partial charge in [0, 0.05) is 56.7 Å². The Morgan fingerprint density at radius 2 is 1.84 bits per heavy atom. The lowest BCUT2D eigenvalue weighted by Gasteiger charge is -2.39. The van der Waals surface area contributed by atoms with E-state index in [9.17, 15) is 13.9 Å². The molecule has 1 aliphatic rings. The number of rotatable bonds is 6. The molecule has 0 saturated carbocycles. The molecular formula is C18H24F2N4O. The van der Waals surface area contributed by atoms with Crippen molar-refractivity contribution in [1.29, 1.82) is 0 Å². The van der Waals surface area contributed by atoms with E-state index in [-0.39, 0.29) is 18.7 Å². The van der Waals surface area contributed by atoms with Gasteiger partial charge in [0.2, 0.25) is 0 Å². The lowest BCUT2D eigenvalue weighted by Crippen LogP contribution is -2.52.